The highest BCUT2D eigenvalue weighted by Crippen LogP contribution is 2.46. The predicted octanol–water partition coefficient (Wildman–Crippen LogP) is 4.00. The largest absolute Gasteiger partial charge is 0.394 e. The van der Waals surface area contributed by atoms with Gasteiger partial charge in [0.1, 0.15) is 18.3 Å². The number of aliphatic hydroxyl groups excluding tert-OH is 1. The average molecular weight is 520 g/mol. The molecule has 9 nitrogen and oxygen atoms in total. The normalized spacial score (nSPS) is 28.1. The number of hydrogen-bond acceptors (Lipinski definition) is 8. The molecular weight excluding hydrogens is 494 g/mol. The van der Waals surface area contributed by atoms with Crippen LogP contribution in [-0.4, -0.2) is 55.3 Å². The van der Waals surface area contributed by atoms with Gasteiger partial charge in [-0.2, -0.15) is 9.97 Å². The molecule has 5 atom stereocenters. The summed E-state index contributed by atoms with van der Waals surface area (Å²) < 4.78 is 20.2. The molecule has 5 heterocycles. The lowest BCUT2D eigenvalue weighted by Gasteiger charge is -2.27. The van der Waals surface area contributed by atoms with Gasteiger partial charge in [0.15, 0.2) is 29.0 Å². The molecule has 0 aliphatic carbocycles. The Hall–Kier alpha value is -3.08. The van der Waals surface area contributed by atoms with Crippen molar-refractivity contribution in [1.82, 2.24) is 19.5 Å². The lowest BCUT2D eigenvalue weighted by Crippen LogP contribution is -2.31. The van der Waals surface area contributed by atoms with Gasteiger partial charge in [-0.3, -0.25) is 4.57 Å². The molecular formula is C27H26ClN5O4. The summed E-state index contributed by atoms with van der Waals surface area (Å²) in [5.41, 5.74) is 4.76. The van der Waals surface area contributed by atoms with Crippen LogP contribution in [0.25, 0.3) is 11.2 Å². The molecule has 3 aliphatic heterocycles. The smallest absolute Gasteiger partial charge is 0.226 e. The highest BCUT2D eigenvalue weighted by atomic mass is 35.5. The van der Waals surface area contributed by atoms with Crippen LogP contribution >= 0.6 is 11.6 Å². The first kappa shape index (κ1) is 23.1. The predicted molar refractivity (Wildman–Crippen MR) is 136 cm³/mol. The Morgan fingerprint density at radius 2 is 1.78 bits per heavy atom. The number of imidazole rings is 1. The first-order chi connectivity index (χ1) is 17.9. The van der Waals surface area contributed by atoms with Crippen molar-refractivity contribution >= 4 is 28.6 Å². The molecule has 2 saturated heterocycles. The van der Waals surface area contributed by atoms with Gasteiger partial charge in [-0.25, -0.2) is 4.98 Å². The van der Waals surface area contributed by atoms with E-state index < -0.39 is 30.3 Å². The van der Waals surface area contributed by atoms with Crippen LogP contribution < -0.4 is 4.90 Å². The second-order valence-corrected chi connectivity index (χ2v) is 10.4. The Labute approximate surface area is 218 Å². The summed E-state index contributed by atoms with van der Waals surface area (Å²) in [6.07, 6.45) is -0.282. The Morgan fingerprint density at radius 1 is 1.03 bits per heavy atom. The van der Waals surface area contributed by atoms with Crippen LogP contribution in [-0.2, 0) is 20.8 Å². The van der Waals surface area contributed by atoms with Gasteiger partial charge in [0.2, 0.25) is 5.28 Å². The second-order valence-electron chi connectivity index (χ2n) is 10.1. The van der Waals surface area contributed by atoms with Gasteiger partial charge in [0.25, 0.3) is 0 Å². The molecule has 0 spiro atoms. The quantitative estimate of drug-likeness (QED) is 0.404. The molecule has 37 heavy (non-hydrogen) atoms. The number of aliphatic hydroxyl groups is 1. The molecule has 2 aromatic heterocycles. The van der Waals surface area contributed by atoms with Gasteiger partial charge in [-0.05, 0) is 42.1 Å². The number of hydrogen-bond donors (Lipinski definition) is 1. The average Bonchev–Trinajstić information content (AvgIpc) is 3.63. The minimum atomic E-state index is -0.789. The molecule has 0 amide bonds. The van der Waals surface area contributed by atoms with Gasteiger partial charge in [0, 0.05) is 6.54 Å². The molecule has 3 aliphatic rings. The zero-order valence-corrected chi connectivity index (χ0v) is 21.1. The van der Waals surface area contributed by atoms with Crippen molar-refractivity contribution < 1.29 is 19.3 Å². The molecule has 2 aromatic carbocycles. The van der Waals surface area contributed by atoms with E-state index in [9.17, 15) is 5.11 Å². The fourth-order valence-corrected chi connectivity index (χ4v) is 6.03. The van der Waals surface area contributed by atoms with Gasteiger partial charge < -0.3 is 24.2 Å². The van der Waals surface area contributed by atoms with Crippen molar-refractivity contribution in [3.05, 3.63) is 82.9 Å². The van der Waals surface area contributed by atoms with Gasteiger partial charge in [-0.1, -0.05) is 54.6 Å². The molecule has 0 radical (unpaired) electrons. The Morgan fingerprint density at radius 3 is 2.59 bits per heavy atom. The number of aromatic nitrogens is 4. The third kappa shape index (κ3) is 3.65. The third-order valence-corrected chi connectivity index (χ3v) is 7.51. The van der Waals surface area contributed by atoms with Crippen LogP contribution in [0.4, 0.5) is 5.82 Å². The summed E-state index contributed by atoms with van der Waals surface area (Å²) in [6, 6.07) is 18.7. The van der Waals surface area contributed by atoms with E-state index in [0.717, 1.165) is 5.56 Å². The summed E-state index contributed by atoms with van der Waals surface area (Å²) in [7, 11) is 0. The van der Waals surface area contributed by atoms with E-state index in [-0.39, 0.29) is 17.9 Å². The topological polar surface area (TPSA) is 94.8 Å². The lowest BCUT2D eigenvalue weighted by molar-refractivity contribution is -0.199. The van der Waals surface area contributed by atoms with E-state index in [2.05, 4.69) is 51.3 Å². The minimum absolute atomic E-state index is 0.0463. The van der Waals surface area contributed by atoms with Crippen molar-refractivity contribution in [1.29, 1.82) is 0 Å². The molecule has 0 bridgehead atoms. The fraction of sp³-hybridized carbons (Fsp3) is 0.370. The number of ether oxygens (including phenoxy) is 3. The van der Waals surface area contributed by atoms with E-state index in [1.165, 1.54) is 11.1 Å². The van der Waals surface area contributed by atoms with Crippen molar-refractivity contribution in [2.24, 2.45) is 0 Å². The first-order valence-electron chi connectivity index (χ1n) is 12.3. The molecule has 1 unspecified atom stereocenters. The number of halogens is 1. The third-order valence-electron chi connectivity index (χ3n) is 7.34. The van der Waals surface area contributed by atoms with Crippen LogP contribution in [0.5, 0.6) is 0 Å². The number of nitrogens with zero attached hydrogens (tertiary/aromatic N) is 5. The molecule has 7 rings (SSSR count). The number of rotatable bonds is 4. The molecule has 0 saturated carbocycles. The summed E-state index contributed by atoms with van der Waals surface area (Å²) >= 11 is 6.53. The maximum atomic E-state index is 9.93. The van der Waals surface area contributed by atoms with Crippen LogP contribution in [0.3, 0.4) is 0 Å². The summed E-state index contributed by atoms with van der Waals surface area (Å²) in [5.74, 6) is -0.139. The molecule has 1 N–H and O–H groups in total. The zero-order valence-electron chi connectivity index (χ0n) is 20.4. The van der Waals surface area contributed by atoms with Crippen molar-refractivity contribution in [2.75, 3.05) is 11.5 Å². The summed E-state index contributed by atoms with van der Waals surface area (Å²) in [4.78, 5) is 16.2. The standard InChI is InChI=1S/C27H26ClN5O4/c1-27(2)36-21-18(13-34)35-25(22(21)37-27)33-14-29-19-23(30-26(28)31-24(19)33)32-12-16-10-6-7-11-17(16)20(32)15-8-4-3-5-9-15/h3-11,14,18,20-22,25,34H,12-13H2,1-2H3/t18-,20?,21-,22-,25-/m1/s1. The monoisotopic (exact) mass is 519 g/mol. The first-order valence-corrected chi connectivity index (χ1v) is 12.7. The number of anilines is 1. The van der Waals surface area contributed by atoms with Gasteiger partial charge in [-0.15, -0.1) is 0 Å². The maximum absolute atomic E-state index is 9.93. The highest BCUT2D eigenvalue weighted by molar-refractivity contribution is 6.28. The molecule has 4 aromatic rings. The lowest BCUT2D eigenvalue weighted by atomic mass is 9.98. The minimum Gasteiger partial charge on any atom is -0.394 e. The van der Waals surface area contributed by atoms with E-state index in [4.69, 9.17) is 30.8 Å². The van der Waals surface area contributed by atoms with Crippen LogP contribution in [0, 0.1) is 0 Å². The Kier molecular flexibility index (Phi) is 5.28. The molecule has 190 valence electrons. The van der Waals surface area contributed by atoms with Gasteiger partial charge in [0.05, 0.1) is 19.0 Å². The zero-order chi connectivity index (χ0) is 25.3. The van der Waals surface area contributed by atoms with E-state index >= 15 is 0 Å². The fourth-order valence-electron chi connectivity index (χ4n) is 5.87. The van der Waals surface area contributed by atoms with Crippen molar-refractivity contribution in [2.45, 2.75) is 56.8 Å². The van der Waals surface area contributed by atoms with Crippen LogP contribution in [0.15, 0.2) is 60.9 Å². The van der Waals surface area contributed by atoms with Crippen molar-refractivity contribution in [3.8, 4) is 0 Å². The van der Waals surface area contributed by atoms with E-state index in [1.54, 1.807) is 6.33 Å². The Bertz CT molecular complexity index is 1480. The summed E-state index contributed by atoms with van der Waals surface area (Å²) in [5, 5.41) is 10.0. The maximum Gasteiger partial charge on any atom is 0.226 e. The van der Waals surface area contributed by atoms with Crippen LogP contribution in [0.1, 0.15) is 42.8 Å². The Balaban J connectivity index is 1.34. The molecule has 10 heteroatoms. The molecule has 2 fully saturated rings. The number of fused-ring (bicyclic) bond motifs is 3. The van der Waals surface area contributed by atoms with Gasteiger partial charge >= 0.3 is 0 Å². The van der Waals surface area contributed by atoms with E-state index in [0.29, 0.717) is 23.5 Å². The van der Waals surface area contributed by atoms with Crippen molar-refractivity contribution in [3.63, 3.8) is 0 Å². The SMILES string of the molecule is CC1(C)O[C@@H]2[C@H](O1)[C@@H](CO)O[C@H]2n1cnc2c(N3Cc4ccccc4C3c3ccccc3)nc(Cl)nc21. The second kappa shape index (κ2) is 8.47. The van der Waals surface area contributed by atoms with E-state index in [1.807, 2.05) is 36.6 Å². The highest BCUT2D eigenvalue weighted by Gasteiger charge is 2.56. The summed E-state index contributed by atoms with van der Waals surface area (Å²) in [6.45, 7) is 4.19. The van der Waals surface area contributed by atoms with Crippen LogP contribution in [0.2, 0.25) is 5.28 Å². The number of benzene rings is 2.